The second-order valence-electron chi connectivity index (χ2n) is 6.92. The van der Waals surface area contributed by atoms with Gasteiger partial charge in [0, 0.05) is 23.5 Å². The van der Waals surface area contributed by atoms with Crippen LogP contribution in [0.3, 0.4) is 0 Å². The summed E-state index contributed by atoms with van der Waals surface area (Å²) >= 11 is 0. The van der Waals surface area contributed by atoms with Crippen molar-refractivity contribution < 1.29 is 19.4 Å². The largest absolute Gasteiger partial charge is 0.491 e. The van der Waals surface area contributed by atoms with Gasteiger partial charge in [0.25, 0.3) is 0 Å². The molecule has 0 aliphatic rings. The van der Waals surface area contributed by atoms with E-state index in [4.69, 9.17) is 4.74 Å². The van der Waals surface area contributed by atoms with Gasteiger partial charge in [-0.05, 0) is 36.6 Å². The van der Waals surface area contributed by atoms with E-state index in [-0.39, 0.29) is 13.0 Å². The second-order valence-corrected chi connectivity index (χ2v) is 6.92. The molecule has 1 atom stereocenters. The Hall–Kier alpha value is -3.48. The fourth-order valence-electron chi connectivity index (χ4n) is 3.27. The molecule has 7 heteroatoms. The lowest BCUT2D eigenvalue weighted by Gasteiger charge is -2.16. The predicted octanol–water partition coefficient (Wildman–Crippen LogP) is 3.16. The molecular formula is C22H25N3O4. The van der Waals surface area contributed by atoms with Crippen molar-refractivity contribution in [2.24, 2.45) is 0 Å². The average molecular weight is 395 g/mol. The lowest BCUT2D eigenvalue weighted by molar-refractivity contribution is -0.139. The molecule has 1 unspecified atom stereocenters. The summed E-state index contributed by atoms with van der Waals surface area (Å²) in [5.74, 6) is -0.283. The van der Waals surface area contributed by atoms with Crippen molar-refractivity contribution in [3.8, 4) is 5.75 Å². The minimum absolute atomic E-state index is 0.186. The number of para-hydroxylation sites is 2. The molecule has 1 heterocycles. The molecule has 0 aliphatic carbocycles. The number of hydrogen-bond donors (Lipinski definition) is 4. The number of benzene rings is 2. The highest BCUT2D eigenvalue weighted by molar-refractivity contribution is 5.86. The average Bonchev–Trinajstić information content (AvgIpc) is 3.09. The number of urea groups is 1. The van der Waals surface area contributed by atoms with Crippen molar-refractivity contribution in [3.05, 3.63) is 65.4 Å². The quantitative estimate of drug-likeness (QED) is 0.440. The van der Waals surface area contributed by atoms with Crippen LogP contribution in [0.5, 0.6) is 5.75 Å². The highest BCUT2D eigenvalue weighted by Crippen LogP contribution is 2.22. The Morgan fingerprint density at radius 3 is 2.55 bits per heavy atom. The maximum Gasteiger partial charge on any atom is 0.326 e. The highest BCUT2D eigenvalue weighted by Gasteiger charge is 2.21. The summed E-state index contributed by atoms with van der Waals surface area (Å²) in [6, 6.07) is 12.0. The highest BCUT2D eigenvalue weighted by atomic mass is 16.5. The van der Waals surface area contributed by atoms with Gasteiger partial charge in [-0.2, -0.15) is 0 Å². The van der Waals surface area contributed by atoms with Crippen molar-refractivity contribution in [3.63, 3.8) is 0 Å². The molecule has 3 aromatic rings. The molecule has 1 aromatic heterocycles. The van der Waals surface area contributed by atoms with Crippen LogP contribution in [-0.2, 0) is 11.2 Å². The number of carboxylic acid groups (broad SMARTS) is 1. The fraction of sp³-hybridized carbons (Fsp3) is 0.273. The number of rotatable bonds is 8. The summed E-state index contributed by atoms with van der Waals surface area (Å²) in [5.41, 5.74) is 3.82. The van der Waals surface area contributed by atoms with E-state index in [0.29, 0.717) is 6.61 Å². The zero-order valence-corrected chi connectivity index (χ0v) is 16.5. The zero-order chi connectivity index (χ0) is 20.8. The molecule has 4 N–H and O–H groups in total. The first-order chi connectivity index (χ1) is 14.0. The van der Waals surface area contributed by atoms with Crippen LogP contribution in [0.1, 0.15) is 16.7 Å². The number of fused-ring (bicyclic) bond motifs is 1. The van der Waals surface area contributed by atoms with Crippen molar-refractivity contribution in [2.75, 3.05) is 13.2 Å². The van der Waals surface area contributed by atoms with Crippen LogP contribution in [0.4, 0.5) is 4.79 Å². The third kappa shape index (κ3) is 5.07. The van der Waals surface area contributed by atoms with Gasteiger partial charge in [-0.1, -0.05) is 36.4 Å². The van der Waals surface area contributed by atoms with Crippen LogP contribution in [0, 0.1) is 13.8 Å². The molecule has 0 saturated heterocycles. The molecule has 29 heavy (non-hydrogen) atoms. The van der Waals surface area contributed by atoms with Crippen molar-refractivity contribution >= 4 is 22.9 Å². The smallest absolute Gasteiger partial charge is 0.326 e. The van der Waals surface area contributed by atoms with Crippen molar-refractivity contribution in [1.29, 1.82) is 0 Å². The molecule has 3 rings (SSSR count). The summed E-state index contributed by atoms with van der Waals surface area (Å²) < 4.78 is 5.74. The number of aryl methyl sites for hydroxylation is 2. The number of aliphatic carboxylic acids is 1. The lowest BCUT2D eigenvalue weighted by atomic mass is 10.1. The van der Waals surface area contributed by atoms with Crippen molar-refractivity contribution in [1.82, 2.24) is 15.6 Å². The molecule has 0 fully saturated rings. The van der Waals surface area contributed by atoms with Gasteiger partial charge in [-0.15, -0.1) is 0 Å². The van der Waals surface area contributed by atoms with Gasteiger partial charge in [-0.25, -0.2) is 9.59 Å². The van der Waals surface area contributed by atoms with E-state index < -0.39 is 18.0 Å². The number of aromatic amines is 1. The number of carboxylic acids is 1. The first kappa shape index (κ1) is 20.3. The summed E-state index contributed by atoms with van der Waals surface area (Å²) in [6.45, 7) is 4.48. The van der Waals surface area contributed by atoms with Crippen LogP contribution in [0.15, 0.2) is 48.7 Å². The van der Waals surface area contributed by atoms with Crippen molar-refractivity contribution in [2.45, 2.75) is 26.3 Å². The van der Waals surface area contributed by atoms with E-state index in [1.807, 2.05) is 56.3 Å². The number of hydrogen-bond acceptors (Lipinski definition) is 3. The normalized spacial score (nSPS) is 11.8. The summed E-state index contributed by atoms with van der Waals surface area (Å²) in [5, 5.41) is 15.6. The number of nitrogens with one attached hydrogen (secondary N) is 3. The van der Waals surface area contributed by atoms with Gasteiger partial charge in [-0.3, -0.25) is 0 Å². The molecule has 0 bridgehead atoms. The van der Waals surface area contributed by atoms with E-state index in [1.54, 1.807) is 6.20 Å². The maximum absolute atomic E-state index is 12.1. The van der Waals surface area contributed by atoms with Gasteiger partial charge in [0.1, 0.15) is 18.4 Å². The Morgan fingerprint density at radius 2 is 1.83 bits per heavy atom. The zero-order valence-electron chi connectivity index (χ0n) is 16.5. The number of carbonyl (C=O) groups is 2. The van der Waals surface area contributed by atoms with Crippen LogP contribution >= 0.6 is 0 Å². The Balaban J connectivity index is 1.51. The topological polar surface area (TPSA) is 103 Å². The molecule has 2 aromatic carbocycles. The van der Waals surface area contributed by atoms with E-state index in [1.165, 1.54) is 0 Å². The molecule has 0 saturated carbocycles. The first-order valence-electron chi connectivity index (χ1n) is 9.47. The van der Waals surface area contributed by atoms with E-state index >= 15 is 0 Å². The number of aromatic nitrogens is 1. The van der Waals surface area contributed by atoms with Gasteiger partial charge in [0.15, 0.2) is 0 Å². The van der Waals surface area contributed by atoms with Crippen LogP contribution in [-0.4, -0.2) is 41.3 Å². The molecule has 0 radical (unpaired) electrons. The van der Waals surface area contributed by atoms with E-state index in [2.05, 4.69) is 15.6 Å². The monoisotopic (exact) mass is 395 g/mol. The minimum atomic E-state index is -1.09. The Kier molecular flexibility index (Phi) is 6.39. The Bertz CT molecular complexity index is 992. The number of carbonyl (C=O) groups excluding carboxylic acids is 1. The molecule has 2 amide bonds. The Morgan fingerprint density at radius 1 is 1.10 bits per heavy atom. The van der Waals surface area contributed by atoms with E-state index in [9.17, 15) is 14.7 Å². The summed E-state index contributed by atoms with van der Waals surface area (Å²) in [6.07, 6.45) is 1.96. The standard InChI is InChI=1S/C22H25N3O4/c1-14-6-5-7-15(2)20(14)29-11-10-23-22(28)25-19(21(26)27)12-16-13-24-18-9-4-3-8-17(16)18/h3-9,13,19,24H,10-12H2,1-2H3,(H,26,27)(H2,23,25,28). The van der Waals surface area contributed by atoms with Gasteiger partial charge in [0.2, 0.25) is 0 Å². The van der Waals surface area contributed by atoms with Crippen LogP contribution in [0.2, 0.25) is 0 Å². The fourth-order valence-corrected chi connectivity index (χ4v) is 3.27. The minimum Gasteiger partial charge on any atom is -0.491 e. The third-order valence-corrected chi connectivity index (χ3v) is 4.75. The van der Waals surface area contributed by atoms with Crippen LogP contribution in [0.25, 0.3) is 10.9 Å². The van der Waals surface area contributed by atoms with Gasteiger partial charge >= 0.3 is 12.0 Å². The number of amides is 2. The van der Waals surface area contributed by atoms with E-state index in [0.717, 1.165) is 33.3 Å². The Labute approximate surface area is 169 Å². The van der Waals surface area contributed by atoms with Gasteiger partial charge < -0.3 is 25.5 Å². The summed E-state index contributed by atoms with van der Waals surface area (Å²) in [4.78, 5) is 26.9. The molecule has 0 spiro atoms. The van der Waals surface area contributed by atoms with Crippen LogP contribution < -0.4 is 15.4 Å². The molecule has 152 valence electrons. The second kappa shape index (κ2) is 9.14. The maximum atomic E-state index is 12.1. The predicted molar refractivity (Wildman–Crippen MR) is 111 cm³/mol. The molecule has 7 nitrogen and oxygen atoms in total. The number of ether oxygens (including phenoxy) is 1. The first-order valence-corrected chi connectivity index (χ1v) is 9.47. The summed E-state index contributed by atoms with van der Waals surface area (Å²) in [7, 11) is 0. The van der Waals surface area contributed by atoms with Gasteiger partial charge in [0.05, 0.1) is 6.54 Å². The lowest BCUT2D eigenvalue weighted by Crippen LogP contribution is -2.47. The molecular weight excluding hydrogens is 370 g/mol. The third-order valence-electron chi connectivity index (χ3n) is 4.75. The SMILES string of the molecule is Cc1cccc(C)c1OCCNC(=O)NC(Cc1c[nH]c2ccccc12)C(=O)O. The number of H-pyrrole nitrogens is 1. The molecule has 0 aliphatic heterocycles.